The Morgan fingerprint density at radius 3 is 2.44 bits per heavy atom. The van der Waals surface area contributed by atoms with E-state index in [0.717, 1.165) is 57.7 Å². The van der Waals surface area contributed by atoms with Crippen molar-refractivity contribution in [1.29, 1.82) is 0 Å². The molecule has 1 aliphatic rings. The van der Waals surface area contributed by atoms with Crippen LogP contribution in [0.5, 0.6) is 5.75 Å². The number of rotatable bonds is 10. The Hall–Kier alpha value is -1.88. The van der Waals surface area contributed by atoms with Crippen molar-refractivity contribution in [3.63, 3.8) is 0 Å². The van der Waals surface area contributed by atoms with Crippen molar-refractivity contribution < 1.29 is 14.3 Å². The van der Waals surface area contributed by atoms with Gasteiger partial charge < -0.3 is 10.1 Å². The minimum Gasteiger partial charge on any atom is -0.494 e. The molecule has 5 heteroatoms. The Morgan fingerprint density at radius 2 is 1.85 bits per heavy atom. The van der Waals surface area contributed by atoms with Crippen molar-refractivity contribution in [2.45, 2.75) is 53.0 Å². The van der Waals surface area contributed by atoms with Gasteiger partial charge in [-0.1, -0.05) is 32.9 Å². The topological polar surface area (TPSA) is 58.6 Å². The number of piperidine rings is 1. The lowest BCUT2D eigenvalue weighted by molar-refractivity contribution is -0.141. The van der Waals surface area contributed by atoms with E-state index in [2.05, 4.69) is 36.2 Å². The predicted octanol–water partition coefficient (Wildman–Crippen LogP) is 3.42. The van der Waals surface area contributed by atoms with Crippen molar-refractivity contribution in [2.24, 2.45) is 11.8 Å². The first-order valence-electron chi connectivity index (χ1n) is 10.3. The summed E-state index contributed by atoms with van der Waals surface area (Å²) in [6.07, 6.45) is 3.43. The number of hydrogen-bond donors (Lipinski definition) is 1. The molecule has 0 saturated carbocycles. The molecule has 0 atom stereocenters. The number of likely N-dealkylation sites (tertiary alicyclic amines) is 1. The first-order valence-corrected chi connectivity index (χ1v) is 10.3. The largest absolute Gasteiger partial charge is 0.494 e. The van der Waals surface area contributed by atoms with Gasteiger partial charge in [-0.2, -0.15) is 0 Å². The number of nitrogens with zero attached hydrogens (tertiary/aromatic N) is 1. The summed E-state index contributed by atoms with van der Waals surface area (Å²) in [5.41, 5.74) is 1.25. The number of amides is 1. The minimum atomic E-state index is -0.414. The van der Waals surface area contributed by atoms with Crippen LogP contribution in [0.25, 0.3) is 0 Å². The van der Waals surface area contributed by atoms with Crippen LogP contribution >= 0.6 is 0 Å². The zero-order chi connectivity index (χ0) is 19.6. The van der Waals surface area contributed by atoms with Gasteiger partial charge >= 0.3 is 0 Å². The second-order valence-electron chi connectivity index (χ2n) is 7.85. The van der Waals surface area contributed by atoms with Crippen molar-refractivity contribution >= 4 is 11.7 Å². The molecule has 1 aliphatic heterocycles. The van der Waals surface area contributed by atoms with Crippen LogP contribution in [0.3, 0.4) is 0 Å². The molecule has 1 saturated heterocycles. The number of hydrogen-bond acceptors (Lipinski definition) is 4. The monoisotopic (exact) mass is 374 g/mol. The van der Waals surface area contributed by atoms with Crippen LogP contribution in [0.2, 0.25) is 0 Å². The lowest BCUT2D eigenvalue weighted by atomic mass is 9.92. The van der Waals surface area contributed by atoms with Gasteiger partial charge in [0, 0.05) is 19.0 Å². The molecule has 2 rings (SSSR count). The highest BCUT2D eigenvalue weighted by Crippen LogP contribution is 2.21. The van der Waals surface area contributed by atoms with Crippen LogP contribution in [-0.4, -0.2) is 42.8 Å². The highest BCUT2D eigenvalue weighted by atomic mass is 16.5. The SMILES string of the molecule is CCCNC(=O)C(=O)C1CCN(Cc2ccc(OCCC(C)C)cc2)CC1. The maximum Gasteiger partial charge on any atom is 0.287 e. The predicted molar refractivity (Wildman–Crippen MR) is 108 cm³/mol. The maximum atomic E-state index is 12.2. The summed E-state index contributed by atoms with van der Waals surface area (Å²) in [5.74, 6) is 0.780. The third-order valence-electron chi connectivity index (χ3n) is 5.01. The zero-order valence-corrected chi connectivity index (χ0v) is 17.0. The number of Topliss-reactive ketones (excluding diaryl/α,β-unsaturated/α-hetero) is 1. The van der Waals surface area contributed by atoms with Crippen molar-refractivity contribution in [3.05, 3.63) is 29.8 Å². The van der Waals surface area contributed by atoms with Crippen LogP contribution in [0.15, 0.2) is 24.3 Å². The molecule has 1 heterocycles. The van der Waals surface area contributed by atoms with E-state index in [-0.39, 0.29) is 11.7 Å². The van der Waals surface area contributed by atoms with E-state index in [4.69, 9.17) is 4.74 Å². The van der Waals surface area contributed by atoms with Gasteiger partial charge in [-0.05, 0) is 62.4 Å². The second kappa shape index (κ2) is 11.1. The van der Waals surface area contributed by atoms with Gasteiger partial charge in [0.15, 0.2) is 0 Å². The van der Waals surface area contributed by atoms with Gasteiger partial charge in [-0.15, -0.1) is 0 Å². The fourth-order valence-electron chi connectivity index (χ4n) is 3.23. The molecule has 1 aromatic rings. The first-order chi connectivity index (χ1) is 13.0. The minimum absolute atomic E-state index is 0.130. The second-order valence-corrected chi connectivity index (χ2v) is 7.85. The number of ketones is 1. The summed E-state index contributed by atoms with van der Waals surface area (Å²) in [7, 11) is 0. The molecule has 0 spiro atoms. The number of ether oxygens (including phenoxy) is 1. The molecule has 0 aliphatic carbocycles. The fraction of sp³-hybridized carbons (Fsp3) is 0.636. The standard InChI is InChI=1S/C22H34N2O3/c1-4-12-23-22(26)21(25)19-9-13-24(14-10-19)16-18-5-7-20(8-6-18)27-15-11-17(2)3/h5-8,17,19H,4,9-16H2,1-3H3,(H,23,26). The van der Waals surface area contributed by atoms with Crippen LogP contribution < -0.4 is 10.1 Å². The molecule has 1 aromatic carbocycles. The number of benzene rings is 1. The van der Waals surface area contributed by atoms with E-state index in [0.29, 0.717) is 12.5 Å². The Morgan fingerprint density at radius 1 is 1.19 bits per heavy atom. The summed E-state index contributed by atoms with van der Waals surface area (Å²) in [6.45, 7) is 10.3. The van der Waals surface area contributed by atoms with Crippen molar-refractivity contribution in [2.75, 3.05) is 26.2 Å². The summed E-state index contributed by atoms with van der Waals surface area (Å²) in [4.78, 5) is 26.4. The number of carbonyl (C=O) groups excluding carboxylic acids is 2. The third-order valence-corrected chi connectivity index (χ3v) is 5.01. The molecular weight excluding hydrogens is 340 g/mol. The van der Waals surface area contributed by atoms with Gasteiger partial charge in [0.2, 0.25) is 5.78 Å². The van der Waals surface area contributed by atoms with E-state index >= 15 is 0 Å². The van der Waals surface area contributed by atoms with Crippen LogP contribution in [-0.2, 0) is 16.1 Å². The Balaban J connectivity index is 1.73. The van der Waals surface area contributed by atoms with Gasteiger partial charge in [0.1, 0.15) is 5.75 Å². The van der Waals surface area contributed by atoms with Gasteiger partial charge in [0.05, 0.1) is 6.61 Å². The maximum absolute atomic E-state index is 12.2. The molecule has 150 valence electrons. The molecule has 27 heavy (non-hydrogen) atoms. The quantitative estimate of drug-likeness (QED) is 0.638. The van der Waals surface area contributed by atoms with E-state index in [9.17, 15) is 9.59 Å². The summed E-state index contributed by atoms with van der Waals surface area (Å²) < 4.78 is 5.76. The van der Waals surface area contributed by atoms with E-state index in [1.807, 2.05) is 19.1 Å². The van der Waals surface area contributed by atoms with Crippen LogP contribution in [0.1, 0.15) is 52.0 Å². The summed E-state index contributed by atoms with van der Waals surface area (Å²) >= 11 is 0. The fourth-order valence-corrected chi connectivity index (χ4v) is 3.23. The van der Waals surface area contributed by atoms with E-state index < -0.39 is 5.91 Å². The lowest BCUT2D eigenvalue weighted by Gasteiger charge is -2.31. The van der Waals surface area contributed by atoms with Gasteiger partial charge in [-0.3, -0.25) is 14.5 Å². The van der Waals surface area contributed by atoms with Crippen LogP contribution in [0.4, 0.5) is 0 Å². The Bertz CT molecular complexity index is 590. The molecule has 0 unspecified atom stereocenters. The van der Waals surface area contributed by atoms with Crippen LogP contribution in [0, 0.1) is 11.8 Å². The third kappa shape index (κ3) is 7.33. The van der Waals surface area contributed by atoms with E-state index in [1.54, 1.807) is 0 Å². The molecule has 1 N–H and O–H groups in total. The Labute approximate surface area is 163 Å². The molecule has 1 amide bonds. The number of carbonyl (C=O) groups is 2. The molecule has 5 nitrogen and oxygen atoms in total. The summed E-state index contributed by atoms with van der Waals surface area (Å²) in [5, 5.41) is 2.69. The molecule has 0 radical (unpaired) electrons. The first kappa shape index (κ1) is 21.4. The normalized spacial score (nSPS) is 15.7. The van der Waals surface area contributed by atoms with Crippen molar-refractivity contribution in [3.8, 4) is 5.75 Å². The van der Waals surface area contributed by atoms with Gasteiger partial charge in [-0.25, -0.2) is 0 Å². The molecule has 1 fully saturated rings. The molecule has 0 bridgehead atoms. The average Bonchev–Trinajstić information content (AvgIpc) is 2.67. The lowest BCUT2D eigenvalue weighted by Crippen LogP contribution is -2.41. The zero-order valence-electron chi connectivity index (χ0n) is 17.0. The molecule has 0 aromatic heterocycles. The Kier molecular flexibility index (Phi) is 8.79. The van der Waals surface area contributed by atoms with Gasteiger partial charge in [0.25, 0.3) is 5.91 Å². The highest BCUT2D eigenvalue weighted by molar-refractivity contribution is 6.36. The highest BCUT2D eigenvalue weighted by Gasteiger charge is 2.28. The molecular formula is C22H34N2O3. The summed E-state index contributed by atoms with van der Waals surface area (Å²) in [6, 6.07) is 8.29. The van der Waals surface area contributed by atoms with E-state index in [1.165, 1.54) is 5.56 Å². The smallest absolute Gasteiger partial charge is 0.287 e. The van der Waals surface area contributed by atoms with Crippen molar-refractivity contribution in [1.82, 2.24) is 10.2 Å². The average molecular weight is 375 g/mol. The number of nitrogens with one attached hydrogen (secondary N) is 1.